The normalized spacial score (nSPS) is 11.1. The summed E-state index contributed by atoms with van der Waals surface area (Å²) in [4.78, 5) is 14.6. The molecule has 3 aromatic carbocycles. The third kappa shape index (κ3) is 5.63. The number of anilines is 1. The first-order chi connectivity index (χ1) is 16.2. The monoisotopic (exact) mass is 502 g/mol. The number of hydrogen-bond acceptors (Lipinski definition) is 5. The summed E-state index contributed by atoms with van der Waals surface area (Å²) < 4.78 is 39.2. The number of hydrogen-bond donors (Lipinski definition) is 0. The Morgan fingerprint density at radius 2 is 1.59 bits per heavy atom. The van der Waals surface area contributed by atoms with Crippen LogP contribution in [0.5, 0.6) is 11.5 Å². The molecular weight excluding hydrogens is 476 g/mol. The minimum absolute atomic E-state index is 0.0412. The molecule has 0 aromatic heterocycles. The molecule has 0 atom stereocenters. The molecule has 7 nitrogen and oxygen atoms in total. The number of amides is 1. The second-order valence-corrected chi connectivity index (χ2v) is 9.96. The van der Waals surface area contributed by atoms with Gasteiger partial charge in [-0.05, 0) is 48.4 Å². The van der Waals surface area contributed by atoms with Crippen LogP contribution in [0.1, 0.15) is 11.1 Å². The average molecular weight is 503 g/mol. The number of ether oxygens (including phenoxy) is 2. The number of carbonyl (C=O) groups is 1. The summed E-state index contributed by atoms with van der Waals surface area (Å²) in [6.07, 6.45) is 0. The molecular formula is C25H27ClN2O5S. The van der Waals surface area contributed by atoms with E-state index < -0.39 is 16.6 Å². The molecule has 0 radical (unpaired) electrons. The third-order valence-electron chi connectivity index (χ3n) is 5.28. The lowest BCUT2D eigenvalue weighted by molar-refractivity contribution is -0.128. The highest BCUT2D eigenvalue weighted by atomic mass is 35.5. The zero-order chi connectivity index (χ0) is 24.9. The number of rotatable bonds is 9. The van der Waals surface area contributed by atoms with E-state index in [4.69, 9.17) is 21.1 Å². The van der Waals surface area contributed by atoms with Gasteiger partial charge in [0.2, 0.25) is 5.91 Å². The van der Waals surface area contributed by atoms with E-state index in [1.807, 2.05) is 30.3 Å². The predicted octanol–water partition coefficient (Wildman–Crippen LogP) is 4.52. The molecule has 0 unspecified atom stereocenters. The molecule has 0 saturated carbocycles. The highest BCUT2D eigenvalue weighted by Gasteiger charge is 2.31. The van der Waals surface area contributed by atoms with Gasteiger partial charge in [-0.1, -0.05) is 48.0 Å². The van der Waals surface area contributed by atoms with Gasteiger partial charge in [0.25, 0.3) is 10.0 Å². The van der Waals surface area contributed by atoms with Crippen molar-refractivity contribution in [3.63, 3.8) is 0 Å². The number of benzene rings is 3. The third-order valence-corrected chi connectivity index (χ3v) is 7.37. The predicted molar refractivity (Wildman–Crippen MR) is 133 cm³/mol. The summed E-state index contributed by atoms with van der Waals surface area (Å²) in [7, 11) is 0.305. The van der Waals surface area contributed by atoms with Gasteiger partial charge >= 0.3 is 0 Å². The number of carbonyl (C=O) groups excluding carboxylic acids is 1. The molecule has 0 saturated heterocycles. The number of likely N-dealkylation sites (N-methyl/N-ethyl adjacent to an activating group) is 1. The van der Waals surface area contributed by atoms with Crippen LogP contribution in [0.3, 0.4) is 0 Å². The molecule has 0 N–H and O–H groups in total. The molecule has 0 spiro atoms. The van der Waals surface area contributed by atoms with Crippen LogP contribution in [-0.2, 0) is 21.4 Å². The quantitative estimate of drug-likeness (QED) is 0.430. The Hall–Kier alpha value is -3.23. The van der Waals surface area contributed by atoms with E-state index in [1.165, 1.54) is 31.3 Å². The van der Waals surface area contributed by atoms with Crippen molar-refractivity contribution in [1.29, 1.82) is 0 Å². The standard InChI is InChI=1S/C25H27ClN2O5S/c1-18-10-12-23(33-4)24(14-18)34(30,31)28(20-11-13-22(32-3)21(26)15-20)17-25(29)27(2)16-19-8-6-5-7-9-19/h5-15H,16-17H2,1-4H3. The van der Waals surface area contributed by atoms with Crippen LogP contribution in [0.4, 0.5) is 5.69 Å². The summed E-state index contributed by atoms with van der Waals surface area (Å²) in [6.45, 7) is 1.70. The summed E-state index contributed by atoms with van der Waals surface area (Å²) in [5, 5.41) is 0.224. The van der Waals surface area contributed by atoms with Crippen molar-refractivity contribution in [3.05, 3.63) is 82.9 Å². The Kier molecular flexibility index (Phi) is 8.06. The molecule has 1 amide bonds. The van der Waals surface area contributed by atoms with E-state index in [-0.39, 0.29) is 27.3 Å². The highest BCUT2D eigenvalue weighted by molar-refractivity contribution is 7.93. The zero-order valence-electron chi connectivity index (χ0n) is 19.5. The maximum Gasteiger partial charge on any atom is 0.268 e. The molecule has 3 rings (SSSR count). The lowest BCUT2D eigenvalue weighted by Gasteiger charge is -2.27. The number of sulfonamides is 1. The van der Waals surface area contributed by atoms with Gasteiger partial charge in [0.1, 0.15) is 22.9 Å². The summed E-state index contributed by atoms with van der Waals surface area (Å²) in [6, 6.07) is 18.9. The van der Waals surface area contributed by atoms with Crippen LogP contribution >= 0.6 is 11.6 Å². The Bertz CT molecular complexity index is 1270. The second kappa shape index (κ2) is 10.8. The topological polar surface area (TPSA) is 76.2 Å². The minimum Gasteiger partial charge on any atom is -0.495 e. The van der Waals surface area contributed by atoms with Gasteiger partial charge in [0.15, 0.2) is 0 Å². The lowest BCUT2D eigenvalue weighted by atomic mass is 10.2. The van der Waals surface area contributed by atoms with Gasteiger partial charge in [0.05, 0.1) is 24.9 Å². The zero-order valence-corrected chi connectivity index (χ0v) is 21.1. The van der Waals surface area contributed by atoms with Crippen LogP contribution in [0.25, 0.3) is 0 Å². The van der Waals surface area contributed by atoms with Gasteiger partial charge < -0.3 is 14.4 Å². The van der Waals surface area contributed by atoms with Crippen LogP contribution in [-0.4, -0.2) is 47.0 Å². The first kappa shape index (κ1) is 25.4. The number of aryl methyl sites for hydroxylation is 1. The van der Waals surface area contributed by atoms with E-state index in [9.17, 15) is 13.2 Å². The molecule has 0 heterocycles. The molecule has 0 aliphatic rings. The highest BCUT2D eigenvalue weighted by Crippen LogP contribution is 2.34. The maximum atomic E-state index is 13.8. The van der Waals surface area contributed by atoms with Crippen molar-refractivity contribution in [2.24, 2.45) is 0 Å². The molecule has 0 aliphatic heterocycles. The molecule has 34 heavy (non-hydrogen) atoms. The Balaban J connectivity index is 2.03. The number of halogens is 1. The van der Waals surface area contributed by atoms with E-state index >= 15 is 0 Å². The van der Waals surface area contributed by atoms with Crippen LogP contribution in [0.15, 0.2) is 71.6 Å². The SMILES string of the molecule is COc1ccc(N(CC(=O)N(C)Cc2ccccc2)S(=O)(=O)c2cc(C)ccc2OC)cc1Cl. The Labute approximate surface area is 205 Å². The largest absolute Gasteiger partial charge is 0.495 e. The van der Waals surface area contributed by atoms with Crippen molar-refractivity contribution in [1.82, 2.24) is 4.90 Å². The van der Waals surface area contributed by atoms with E-state index in [2.05, 4.69) is 0 Å². The smallest absolute Gasteiger partial charge is 0.268 e. The van der Waals surface area contributed by atoms with Gasteiger partial charge in [-0.2, -0.15) is 0 Å². The van der Waals surface area contributed by atoms with Crippen molar-refractivity contribution >= 4 is 33.2 Å². The fraction of sp³-hybridized carbons (Fsp3) is 0.240. The first-order valence-electron chi connectivity index (χ1n) is 10.5. The second-order valence-electron chi connectivity index (χ2n) is 7.72. The number of nitrogens with zero attached hydrogens (tertiary/aromatic N) is 2. The van der Waals surface area contributed by atoms with Crippen LogP contribution in [0, 0.1) is 6.92 Å². The average Bonchev–Trinajstić information content (AvgIpc) is 2.82. The van der Waals surface area contributed by atoms with E-state index in [0.29, 0.717) is 12.3 Å². The molecule has 3 aromatic rings. The Morgan fingerprint density at radius 3 is 2.21 bits per heavy atom. The lowest BCUT2D eigenvalue weighted by Crippen LogP contribution is -2.41. The first-order valence-corrected chi connectivity index (χ1v) is 12.3. The minimum atomic E-state index is -4.20. The van der Waals surface area contributed by atoms with Crippen molar-refractivity contribution in [2.45, 2.75) is 18.4 Å². The van der Waals surface area contributed by atoms with Crippen molar-refractivity contribution < 1.29 is 22.7 Å². The molecule has 180 valence electrons. The summed E-state index contributed by atoms with van der Waals surface area (Å²) >= 11 is 6.29. The molecule has 9 heteroatoms. The van der Waals surface area contributed by atoms with Crippen molar-refractivity contribution in [2.75, 3.05) is 32.1 Å². The van der Waals surface area contributed by atoms with Gasteiger partial charge in [0, 0.05) is 13.6 Å². The van der Waals surface area contributed by atoms with Crippen LogP contribution < -0.4 is 13.8 Å². The molecule has 0 aliphatic carbocycles. The number of methoxy groups -OCH3 is 2. The maximum absolute atomic E-state index is 13.8. The van der Waals surface area contributed by atoms with E-state index in [0.717, 1.165) is 15.4 Å². The Morgan fingerprint density at radius 1 is 0.941 bits per heavy atom. The molecule has 0 bridgehead atoms. The van der Waals surface area contributed by atoms with Crippen LogP contribution in [0.2, 0.25) is 5.02 Å². The van der Waals surface area contributed by atoms with Crippen molar-refractivity contribution in [3.8, 4) is 11.5 Å². The van der Waals surface area contributed by atoms with Gasteiger partial charge in [-0.15, -0.1) is 0 Å². The summed E-state index contributed by atoms with van der Waals surface area (Å²) in [5.74, 6) is 0.190. The molecule has 0 fully saturated rings. The fourth-order valence-corrected chi connectivity index (χ4v) is 5.32. The van der Waals surface area contributed by atoms with Gasteiger partial charge in [-0.3, -0.25) is 9.10 Å². The fourth-order valence-electron chi connectivity index (χ4n) is 3.42. The van der Waals surface area contributed by atoms with Gasteiger partial charge in [-0.25, -0.2) is 8.42 Å². The summed E-state index contributed by atoms with van der Waals surface area (Å²) in [5.41, 5.74) is 1.90. The van der Waals surface area contributed by atoms with E-state index in [1.54, 1.807) is 38.2 Å².